The molecule has 2 aromatic heterocycles. The van der Waals surface area contributed by atoms with Crippen LogP contribution in [-0.2, 0) is 0 Å². The molecular formula is C26H34N6O2. The number of ether oxygens (including phenoxy) is 1. The summed E-state index contributed by atoms with van der Waals surface area (Å²) < 4.78 is 5.96. The predicted molar refractivity (Wildman–Crippen MR) is 134 cm³/mol. The minimum Gasteiger partial charge on any atom is -0.492 e. The minimum atomic E-state index is -0.0389. The lowest BCUT2D eigenvalue weighted by Gasteiger charge is -2.33. The SMILES string of the molecule is Cc1c[nH]c2ncnc(N3CCC(NC(=O)c4cccc(OCCN5CCCC5C)c4)CC3)c12. The molecule has 1 aromatic carbocycles. The van der Waals surface area contributed by atoms with Crippen LogP contribution in [0.25, 0.3) is 11.0 Å². The molecule has 2 fully saturated rings. The first kappa shape index (κ1) is 22.7. The van der Waals surface area contributed by atoms with Crippen LogP contribution in [0.15, 0.2) is 36.8 Å². The van der Waals surface area contributed by atoms with E-state index in [9.17, 15) is 4.79 Å². The molecule has 8 nitrogen and oxygen atoms in total. The Labute approximate surface area is 200 Å². The molecule has 5 rings (SSSR count). The second-order valence-electron chi connectivity index (χ2n) is 9.53. The maximum atomic E-state index is 12.9. The lowest BCUT2D eigenvalue weighted by atomic mass is 10.0. The molecule has 1 unspecified atom stereocenters. The molecular weight excluding hydrogens is 428 g/mol. The van der Waals surface area contributed by atoms with Crippen molar-refractivity contribution in [3.8, 4) is 5.75 Å². The lowest BCUT2D eigenvalue weighted by molar-refractivity contribution is 0.0930. The molecule has 0 saturated carbocycles. The van der Waals surface area contributed by atoms with Gasteiger partial charge in [-0.3, -0.25) is 9.69 Å². The minimum absolute atomic E-state index is 0.0389. The van der Waals surface area contributed by atoms with Crippen molar-refractivity contribution in [3.63, 3.8) is 0 Å². The maximum Gasteiger partial charge on any atom is 0.251 e. The highest BCUT2D eigenvalue weighted by molar-refractivity contribution is 5.95. The van der Waals surface area contributed by atoms with Gasteiger partial charge in [-0.25, -0.2) is 9.97 Å². The van der Waals surface area contributed by atoms with Crippen LogP contribution in [0.4, 0.5) is 5.82 Å². The Kier molecular flexibility index (Phi) is 6.67. The Balaban J connectivity index is 1.13. The number of aryl methyl sites for hydroxylation is 1. The van der Waals surface area contributed by atoms with Gasteiger partial charge in [0.1, 0.15) is 30.1 Å². The molecule has 3 aromatic rings. The molecule has 34 heavy (non-hydrogen) atoms. The third-order valence-electron chi connectivity index (χ3n) is 7.21. The molecule has 0 spiro atoms. The van der Waals surface area contributed by atoms with E-state index in [-0.39, 0.29) is 11.9 Å². The van der Waals surface area contributed by atoms with Crippen molar-refractivity contribution in [2.24, 2.45) is 0 Å². The van der Waals surface area contributed by atoms with Crippen LogP contribution in [-0.4, -0.2) is 70.6 Å². The Morgan fingerprint density at radius 2 is 2.06 bits per heavy atom. The van der Waals surface area contributed by atoms with Crippen LogP contribution in [0.2, 0.25) is 0 Å². The summed E-state index contributed by atoms with van der Waals surface area (Å²) in [6.45, 7) is 8.77. The first-order valence-corrected chi connectivity index (χ1v) is 12.4. The molecule has 2 aliphatic heterocycles. The zero-order valence-electron chi connectivity index (χ0n) is 20.1. The highest BCUT2D eigenvalue weighted by Crippen LogP contribution is 2.28. The van der Waals surface area contributed by atoms with Crippen LogP contribution in [0, 0.1) is 6.92 Å². The highest BCUT2D eigenvalue weighted by atomic mass is 16.5. The van der Waals surface area contributed by atoms with Crippen molar-refractivity contribution in [2.45, 2.75) is 51.6 Å². The van der Waals surface area contributed by atoms with E-state index in [1.807, 2.05) is 30.5 Å². The molecule has 180 valence electrons. The van der Waals surface area contributed by atoms with E-state index in [0.717, 1.165) is 67.2 Å². The Hall–Kier alpha value is -3.13. The number of carbonyl (C=O) groups excluding carboxylic acids is 1. The number of nitrogens with one attached hydrogen (secondary N) is 2. The zero-order valence-corrected chi connectivity index (χ0v) is 20.1. The number of rotatable bonds is 7. The molecule has 2 saturated heterocycles. The normalized spacial score (nSPS) is 19.6. The summed E-state index contributed by atoms with van der Waals surface area (Å²) in [5.74, 6) is 1.69. The van der Waals surface area contributed by atoms with E-state index >= 15 is 0 Å². The highest BCUT2D eigenvalue weighted by Gasteiger charge is 2.24. The first-order chi connectivity index (χ1) is 16.6. The average Bonchev–Trinajstić information content (AvgIpc) is 3.45. The zero-order chi connectivity index (χ0) is 23.5. The van der Waals surface area contributed by atoms with Crippen molar-refractivity contribution in [1.82, 2.24) is 25.2 Å². The first-order valence-electron chi connectivity index (χ1n) is 12.4. The van der Waals surface area contributed by atoms with Crippen LogP contribution < -0.4 is 15.0 Å². The van der Waals surface area contributed by atoms with Crippen molar-refractivity contribution in [3.05, 3.63) is 47.9 Å². The number of benzene rings is 1. The van der Waals surface area contributed by atoms with E-state index in [1.54, 1.807) is 6.33 Å². The number of nitrogens with zero attached hydrogens (tertiary/aromatic N) is 4. The van der Waals surface area contributed by atoms with Gasteiger partial charge in [0.15, 0.2) is 0 Å². The van der Waals surface area contributed by atoms with Gasteiger partial charge in [-0.1, -0.05) is 6.07 Å². The number of carbonyl (C=O) groups is 1. The van der Waals surface area contributed by atoms with E-state index in [0.29, 0.717) is 18.2 Å². The molecule has 1 amide bonds. The molecule has 4 heterocycles. The monoisotopic (exact) mass is 462 g/mol. The fourth-order valence-corrected chi connectivity index (χ4v) is 5.17. The molecule has 0 aliphatic carbocycles. The number of hydrogen-bond donors (Lipinski definition) is 2. The number of anilines is 1. The van der Waals surface area contributed by atoms with Gasteiger partial charge >= 0.3 is 0 Å². The summed E-state index contributed by atoms with van der Waals surface area (Å²) in [4.78, 5) is 29.8. The smallest absolute Gasteiger partial charge is 0.251 e. The maximum absolute atomic E-state index is 12.9. The summed E-state index contributed by atoms with van der Waals surface area (Å²) in [6, 6.07) is 8.31. The van der Waals surface area contributed by atoms with Crippen molar-refractivity contribution >= 4 is 22.8 Å². The molecule has 2 aliphatic rings. The number of aromatic amines is 1. The molecule has 8 heteroatoms. The largest absolute Gasteiger partial charge is 0.492 e. The fourth-order valence-electron chi connectivity index (χ4n) is 5.17. The number of H-pyrrole nitrogens is 1. The quantitative estimate of drug-likeness (QED) is 0.559. The Morgan fingerprint density at radius 3 is 2.85 bits per heavy atom. The van der Waals surface area contributed by atoms with Gasteiger partial charge in [-0.05, 0) is 69.8 Å². The number of hydrogen-bond acceptors (Lipinski definition) is 6. The topological polar surface area (TPSA) is 86.4 Å². The van der Waals surface area contributed by atoms with Crippen LogP contribution in [0.3, 0.4) is 0 Å². The van der Waals surface area contributed by atoms with Gasteiger partial charge in [0, 0.05) is 43.5 Å². The third kappa shape index (κ3) is 4.87. The van der Waals surface area contributed by atoms with Gasteiger partial charge < -0.3 is 19.9 Å². The second kappa shape index (κ2) is 10.0. The van der Waals surface area contributed by atoms with Gasteiger partial charge in [-0.2, -0.15) is 0 Å². The van der Waals surface area contributed by atoms with E-state index in [4.69, 9.17) is 4.74 Å². The molecule has 2 N–H and O–H groups in total. The van der Waals surface area contributed by atoms with Gasteiger partial charge in [0.25, 0.3) is 5.91 Å². The number of piperidine rings is 1. The van der Waals surface area contributed by atoms with E-state index in [1.165, 1.54) is 12.8 Å². The summed E-state index contributed by atoms with van der Waals surface area (Å²) >= 11 is 0. The summed E-state index contributed by atoms with van der Waals surface area (Å²) in [7, 11) is 0. The van der Waals surface area contributed by atoms with E-state index in [2.05, 4.69) is 43.9 Å². The summed E-state index contributed by atoms with van der Waals surface area (Å²) in [5.41, 5.74) is 2.67. The van der Waals surface area contributed by atoms with Gasteiger partial charge in [-0.15, -0.1) is 0 Å². The number of aromatic nitrogens is 3. The van der Waals surface area contributed by atoms with Crippen LogP contribution in [0.1, 0.15) is 48.5 Å². The number of fused-ring (bicyclic) bond motifs is 1. The summed E-state index contributed by atoms with van der Waals surface area (Å²) in [5, 5.41) is 4.30. The molecule has 1 atom stereocenters. The molecule has 0 bridgehead atoms. The summed E-state index contributed by atoms with van der Waals surface area (Å²) in [6.07, 6.45) is 7.88. The van der Waals surface area contributed by atoms with Crippen molar-refractivity contribution in [2.75, 3.05) is 37.7 Å². The number of amides is 1. The number of likely N-dealkylation sites (tertiary alicyclic amines) is 1. The van der Waals surface area contributed by atoms with Crippen LogP contribution in [0.5, 0.6) is 5.75 Å². The van der Waals surface area contributed by atoms with Crippen molar-refractivity contribution < 1.29 is 9.53 Å². The van der Waals surface area contributed by atoms with Crippen molar-refractivity contribution in [1.29, 1.82) is 0 Å². The second-order valence-corrected chi connectivity index (χ2v) is 9.53. The van der Waals surface area contributed by atoms with Crippen LogP contribution >= 0.6 is 0 Å². The fraction of sp³-hybridized carbons (Fsp3) is 0.500. The lowest BCUT2D eigenvalue weighted by Crippen LogP contribution is -2.45. The standard InChI is InChI=1S/C26H34N6O2/c1-18-16-27-24-23(18)25(29-17-28-24)32-11-8-21(9-12-32)30-26(33)20-6-3-7-22(15-20)34-14-13-31-10-4-5-19(31)2/h3,6-7,15-17,19,21H,4-5,8-14H2,1-2H3,(H,30,33)(H,27,28,29). The molecule has 0 radical (unpaired) electrons. The van der Waals surface area contributed by atoms with E-state index < -0.39 is 0 Å². The average molecular weight is 463 g/mol. The third-order valence-corrected chi connectivity index (χ3v) is 7.21. The van der Waals surface area contributed by atoms with Gasteiger partial charge in [0.2, 0.25) is 0 Å². The predicted octanol–water partition coefficient (Wildman–Crippen LogP) is 3.53. The Bertz CT molecular complexity index is 1140. The Morgan fingerprint density at radius 1 is 1.21 bits per heavy atom. The van der Waals surface area contributed by atoms with Gasteiger partial charge in [0.05, 0.1) is 5.39 Å².